The Bertz CT molecular complexity index is 1270. The standard InChI is InChI=1S/C24H16N2/c1-3-10-20-17(7-1)9-5-12-22(20)23-16-19(24-25-13-6-14-26-24)15-18-8-2-4-11-21(18)23/h1-16H/i16D. The predicted molar refractivity (Wildman–Crippen MR) is 108 cm³/mol. The maximum absolute atomic E-state index is 9.00. The molecule has 122 valence electrons. The Morgan fingerprint density at radius 1 is 0.615 bits per heavy atom. The van der Waals surface area contributed by atoms with E-state index in [9.17, 15) is 0 Å². The van der Waals surface area contributed by atoms with Gasteiger partial charge in [-0.1, -0.05) is 66.7 Å². The van der Waals surface area contributed by atoms with Crippen molar-refractivity contribution in [3.63, 3.8) is 0 Å². The van der Waals surface area contributed by atoms with E-state index >= 15 is 0 Å². The lowest BCUT2D eigenvalue weighted by Gasteiger charge is -2.12. The molecule has 5 rings (SSSR count). The molecule has 0 aliphatic rings. The molecule has 0 unspecified atom stereocenters. The van der Waals surface area contributed by atoms with Crippen molar-refractivity contribution in [3.05, 3.63) is 97.3 Å². The van der Waals surface area contributed by atoms with Gasteiger partial charge in [-0.05, 0) is 50.8 Å². The average Bonchev–Trinajstić information content (AvgIpc) is 2.74. The molecule has 0 spiro atoms. The molecule has 0 N–H and O–H groups in total. The molecule has 2 nitrogen and oxygen atoms in total. The highest BCUT2D eigenvalue weighted by atomic mass is 14.8. The molecule has 0 saturated heterocycles. The van der Waals surface area contributed by atoms with E-state index in [0.29, 0.717) is 11.9 Å². The molecule has 1 aromatic heterocycles. The molecule has 0 fully saturated rings. The Balaban J connectivity index is 1.93. The summed E-state index contributed by atoms with van der Waals surface area (Å²) in [5, 5.41) is 4.46. The molecule has 0 bridgehead atoms. The predicted octanol–water partition coefficient (Wildman–Crippen LogP) is 6.12. The first-order valence-corrected chi connectivity index (χ1v) is 8.61. The number of benzene rings is 4. The molecule has 4 aromatic carbocycles. The molecule has 0 aliphatic carbocycles. The van der Waals surface area contributed by atoms with Crippen LogP contribution >= 0.6 is 0 Å². The van der Waals surface area contributed by atoms with Gasteiger partial charge in [0.05, 0.1) is 1.37 Å². The molecule has 2 heteroatoms. The van der Waals surface area contributed by atoms with E-state index in [2.05, 4.69) is 52.4 Å². The second-order valence-corrected chi connectivity index (χ2v) is 6.24. The quantitative estimate of drug-likeness (QED) is 0.389. The number of fused-ring (bicyclic) bond motifs is 2. The number of rotatable bonds is 2. The first-order valence-electron chi connectivity index (χ1n) is 9.11. The van der Waals surface area contributed by atoms with Gasteiger partial charge in [0.15, 0.2) is 5.82 Å². The summed E-state index contributed by atoms with van der Waals surface area (Å²) in [6.07, 6.45) is 3.43. The van der Waals surface area contributed by atoms with Gasteiger partial charge < -0.3 is 0 Å². The fourth-order valence-corrected chi connectivity index (χ4v) is 3.46. The monoisotopic (exact) mass is 333 g/mol. The first-order chi connectivity index (χ1) is 13.3. The van der Waals surface area contributed by atoms with Gasteiger partial charge in [-0.15, -0.1) is 0 Å². The first kappa shape index (κ1) is 13.7. The maximum Gasteiger partial charge on any atom is 0.159 e. The van der Waals surface area contributed by atoms with Gasteiger partial charge in [0, 0.05) is 18.0 Å². The van der Waals surface area contributed by atoms with E-state index in [1.54, 1.807) is 18.5 Å². The van der Waals surface area contributed by atoms with Gasteiger partial charge in [-0.3, -0.25) is 0 Å². The third kappa shape index (κ3) is 2.44. The zero-order valence-electron chi connectivity index (χ0n) is 15.1. The minimum absolute atomic E-state index is 0.455. The van der Waals surface area contributed by atoms with Crippen LogP contribution in [-0.2, 0) is 0 Å². The van der Waals surface area contributed by atoms with Crippen molar-refractivity contribution in [1.82, 2.24) is 9.97 Å². The Morgan fingerprint density at radius 2 is 1.27 bits per heavy atom. The van der Waals surface area contributed by atoms with Crippen molar-refractivity contribution in [2.45, 2.75) is 0 Å². The van der Waals surface area contributed by atoms with Crippen molar-refractivity contribution in [2.75, 3.05) is 0 Å². The van der Waals surface area contributed by atoms with Crippen LogP contribution in [0.1, 0.15) is 1.37 Å². The summed E-state index contributed by atoms with van der Waals surface area (Å²) < 4.78 is 9.00. The number of hydrogen-bond acceptors (Lipinski definition) is 2. The Kier molecular flexibility index (Phi) is 3.21. The normalized spacial score (nSPS) is 11.6. The maximum atomic E-state index is 9.00. The van der Waals surface area contributed by atoms with Crippen LogP contribution in [0.25, 0.3) is 44.1 Å². The number of aromatic nitrogens is 2. The highest BCUT2D eigenvalue weighted by molar-refractivity contribution is 6.06. The fraction of sp³-hybridized carbons (Fsp3) is 0. The minimum atomic E-state index is 0.455. The zero-order chi connectivity index (χ0) is 18.2. The van der Waals surface area contributed by atoms with Crippen molar-refractivity contribution < 1.29 is 1.37 Å². The summed E-state index contributed by atoms with van der Waals surface area (Å²) >= 11 is 0. The van der Waals surface area contributed by atoms with Crippen molar-refractivity contribution in [1.29, 1.82) is 0 Å². The zero-order valence-corrected chi connectivity index (χ0v) is 14.1. The molecular weight excluding hydrogens is 316 g/mol. The van der Waals surface area contributed by atoms with Gasteiger partial charge in [0.25, 0.3) is 0 Å². The lowest BCUT2D eigenvalue weighted by Crippen LogP contribution is -1.90. The summed E-state index contributed by atoms with van der Waals surface area (Å²) in [6, 6.07) is 27.0. The largest absolute Gasteiger partial charge is 0.237 e. The van der Waals surface area contributed by atoms with E-state index < -0.39 is 0 Å². The molecule has 1 heterocycles. The Labute approximate surface area is 153 Å². The molecule has 0 atom stereocenters. The SMILES string of the molecule is [2H]c1c(-c2ncccn2)cc2ccccc2c1-c1cccc2ccccc12. The second kappa shape index (κ2) is 6.08. The van der Waals surface area contributed by atoms with Crippen LogP contribution in [0, 0.1) is 0 Å². The molecule has 0 amide bonds. The minimum Gasteiger partial charge on any atom is -0.237 e. The third-order valence-electron chi connectivity index (χ3n) is 4.66. The molecule has 0 aliphatic heterocycles. The summed E-state index contributed by atoms with van der Waals surface area (Å²) in [5.74, 6) is 0.578. The van der Waals surface area contributed by atoms with E-state index in [0.717, 1.165) is 32.8 Å². The van der Waals surface area contributed by atoms with Crippen LogP contribution in [0.4, 0.5) is 0 Å². The third-order valence-corrected chi connectivity index (χ3v) is 4.66. The number of nitrogens with zero attached hydrogens (tertiary/aromatic N) is 2. The van der Waals surface area contributed by atoms with Gasteiger partial charge >= 0.3 is 0 Å². The van der Waals surface area contributed by atoms with Crippen LogP contribution in [0.3, 0.4) is 0 Å². The van der Waals surface area contributed by atoms with Gasteiger partial charge in [-0.2, -0.15) is 0 Å². The number of hydrogen-bond donors (Lipinski definition) is 0. The second-order valence-electron chi connectivity index (χ2n) is 6.24. The molecular formula is C24H16N2. The van der Waals surface area contributed by atoms with Gasteiger partial charge in [0.2, 0.25) is 0 Å². The van der Waals surface area contributed by atoms with Crippen LogP contribution < -0.4 is 0 Å². The topological polar surface area (TPSA) is 25.8 Å². The van der Waals surface area contributed by atoms with Crippen LogP contribution in [0.15, 0.2) is 97.3 Å². The fourth-order valence-electron chi connectivity index (χ4n) is 3.46. The van der Waals surface area contributed by atoms with Crippen molar-refractivity contribution in [3.8, 4) is 22.5 Å². The van der Waals surface area contributed by atoms with E-state index in [1.807, 2.05) is 30.3 Å². The Morgan fingerprint density at radius 3 is 2.08 bits per heavy atom. The molecule has 5 aromatic rings. The summed E-state index contributed by atoms with van der Waals surface area (Å²) in [7, 11) is 0. The van der Waals surface area contributed by atoms with E-state index in [-0.39, 0.29) is 0 Å². The molecule has 0 saturated carbocycles. The molecule has 0 radical (unpaired) electrons. The van der Waals surface area contributed by atoms with Crippen LogP contribution in [0.2, 0.25) is 0 Å². The van der Waals surface area contributed by atoms with Gasteiger partial charge in [0.1, 0.15) is 0 Å². The van der Waals surface area contributed by atoms with Crippen molar-refractivity contribution >= 4 is 21.5 Å². The van der Waals surface area contributed by atoms with Crippen LogP contribution in [0.5, 0.6) is 0 Å². The highest BCUT2D eigenvalue weighted by Crippen LogP contribution is 2.36. The average molecular weight is 333 g/mol. The van der Waals surface area contributed by atoms with Gasteiger partial charge in [-0.25, -0.2) is 9.97 Å². The summed E-state index contributed by atoms with van der Waals surface area (Å²) in [6.45, 7) is 0. The van der Waals surface area contributed by atoms with E-state index in [4.69, 9.17) is 1.37 Å². The lowest BCUT2D eigenvalue weighted by molar-refractivity contribution is 1.18. The summed E-state index contributed by atoms with van der Waals surface area (Å²) in [5.41, 5.74) is 2.73. The summed E-state index contributed by atoms with van der Waals surface area (Å²) in [4.78, 5) is 8.77. The molecule has 26 heavy (non-hydrogen) atoms. The smallest absolute Gasteiger partial charge is 0.159 e. The lowest BCUT2D eigenvalue weighted by atomic mass is 9.92. The van der Waals surface area contributed by atoms with Crippen LogP contribution in [-0.4, -0.2) is 9.97 Å². The van der Waals surface area contributed by atoms with E-state index in [1.165, 1.54) is 5.39 Å². The highest BCUT2D eigenvalue weighted by Gasteiger charge is 2.11. The Hall–Kier alpha value is -3.52. The van der Waals surface area contributed by atoms with Crippen molar-refractivity contribution in [2.24, 2.45) is 0 Å².